The highest BCUT2D eigenvalue weighted by atomic mass is 17.0. The molecule has 0 saturated heterocycles. The molecule has 0 atom stereocenters. The summed E-state index contributed by atoms with van der Waals surface area (Å²) in [5.41, 5.74) is 11.7. The SMILES string of the molecule is CC(C)(C)c1cc2cc(NC(=O)C3(c4ccc5c(c4)OCO5)CC3)cc(C#N)c2[nH]1.CC(C)(C)c1cc2cc(NC(=O)C3(c4ccc5c(c4)OCO5)CC3)cc(C(N)=O)c2[nH]1.OO. The summed E-state index contributed by atoms with van der Waals surface area (Å²) in [4.78, 5) is 45.3. The van der Waals surface area contributed by atoms with Crippen LogP contribution in [-0.2, 0) is 31.2 Å². The fraction of sp³-hybridized carbons (Fsp3) is 0.333. The number of hydrogen-bond donors (Lipinski definition) is 7. The first-order chi connectivity index (χ1) is 30.0. The number of anilines is 2. The van der Waals surface area contributed by atoms with Crippen molar-refractivity contribution in [3.8, 4) is 29.1 Å². The molecule has 0 radical (unpaired) electrons. The number of carbonyl (C=O) groups is 3. The van der Waals surface area contributed by atoms with Crippen molar-refractivity contribution in [2.75, 3.05) is 24.2 Å². The lowest BCUT2D eigenvalue weighted by molar-refractivity contribution is -0.176. The molecule has 2 saturated carbocycles. The molecule has 3 amide bonds. The molecule has 2 aliphatic heterocycles. The number of aromatic nitrogens is 2. The number of benzene rings is 4. The maximum atomic E-state index is 13.3. The van der Waals surface area contributed by atoms with Crippen molar-refractivity contribution in [2.45, 2.75) is 88.9 Å². The van der Waals surface area contributed by atoms with Crippen LogP contribution >= 0.6 is 0 Å². The number of H-pyrrole nitrogens is 2. The Morgan fingerprint density at radius 2 is 1.06 bits per heavy atom. The van der Waals surface area contributed by atoms with Gasteiger partial charge in [0, 0.05) is 44.4 Å². The van der Waals surface area contributed by atoms with Crippen LogP contribution in [0.2, 0.25) is 0 Å². The molecule has 8 N–H and O–H groups in total. The second-order valence-electron chi connectivity index (χ2n) is 18.5. The maximum absolute atomic E-state index is 13.3. The minimum absolute atomic E-state index is 0.0591. The molecule has 2 aromatic heterocycles. The topological polar surface area (TPSA) is 234 Å². The molecule has 0 unspecified atom stereocenters. The molecule has 0 spiro atoms. The lowest BCUT2D eigenvalue weighted by Gasteiger charge is -2.17. The maximum Gasteiger partial charge on any atom is 0.250 e. The number of fused-ring (bicyclic) bond motifs is 4. The molecule has 326 valence electrons. The molecule has 4 heterocycles. The van der Waals surface area contributed by atoms with E-state index >= 15 is 0 Å². The molecule has 15 heteroatoms. The molecule has 0 bridgehead atoms. The van der Waals surface area contributed by atoms with Crippen LogP contribution in [0.3, 0.4) is 0 Å². The van der Waals surface area contributed by atoms with Gasteiger partial charge in [-0.25, -0.2) is 0 Å². The van der Waals surface area contributed by atoms with Crippen LogP contribution in [0.1, 0.15) is 106 Å². The van der Waals surface area contributed by atoms with Crippen molar-refractivity contribution in [1.29, 1.82) is 5.26 Å². The summed E-state index contributed by atoms with van der Waals surface area (Å²) in [7, 11) is 0. The zero-order valence-electron chi connectivity index (χ0n) is 35.9. The average molecular weight is 855 g/mol. The zero-order valence-corrected chi connectivity index (χ0v) is 35.9. The Morgan fingerprint density at radius 1 is 0.635 bits per heavy atom. The van der Waals surface area contributed by atoms with Crippen molar-refractivity contribution in [2.24, 2.45) is 5.73 Å². The van der Waals surface area contributed by atoms with E-state index in [2.05, 4.69) is 74.3 Å². The number of hydrogen-bond acceptors (Lipinski definition) is 10. The molecule has 6 aromatic rings. The Kier molecular flexibility index (Phi) is 10.6. The van der Waals surface area contributed by atoms with Crippen LogP contribution in [0, 0.1) is 11.3 Å². The Balaban J connectivity index is 0.000000166. The lowest BCUT2D eigenvalue weighted by Crippen LogP contribution is -2.28. The Morgan fingerprint density at radius 3 is 1.49 bits per heavy atom. The number of carbonyl (C=O) groups excluding carboxylic acids is 3. The van der Waals surface area contributed by atoms with Crippen molar-refractivity contribution in [3.63, 3.8) is 0 Å². The first-order valence-corrected chi connectivity index (χ1v) is 20.7. The highest BCUT2D eigenvalue weighted by Gasteiger charge is 2.53. The summed E-state index contributed by atoms with van der Waals surface area (Å²) in [5.74, 6) is 2.04. The Hall–Kier alpha value is -7.02. The summed E-state index contributed by atoms with van der Waals surface area (Å²) in [6.07, 6.45) is 3.07. The minimum atomic E-state index is -0.600. The van der Waals surface area contributed by atoms with Gasteiger partial charge in [-0.05, 0) is 97.5 Å². The van der Waals surface area contributed by atoms with E-state index in [1.165, 1.54) is 0 Å². The summed E-state index contributed by atoms with van der Waals surface area (Å²) in [6.45, 7) is 13.0. The van der Waals surface area contributed by atoms with Crippen molar-refractivity contribution < 1.29 is 43.8 Å². The fourth-order valence-corrected chi connectivity index (χ4v) is 8.16. The number of aromatic amines is 2. The zero-order chi connectivity index (χ0) is 45.1. The highest BCUT2D eigenvalue weighted by molar-refractivity contribution is 6.09. The van der Waals surface area contributed by atoms with E-state index in [1.54, 1.807) is 12.1 Å². The summed E-state index contributed by atoms with van der Waals surface area (Å²) >= 11 is 0. The summed E-state index contributed by atoms with van der Waals surface area (Å²) in [5, 5.41) is 29.5. The van der Waals surface area contributed by atoms with Crippen LogP contribution in [0.25, 0.3) is 21.8 Å². The number of nitriles is 1. The van der Waals surface area contributed by atoms with E-state index in [0.29, 0.717) is 51.0 Å². The first-order valence-electron chi connectivity index (χ1n) is 20.7. The van der Waals surface area contributed by atoms with Gasteiger partial charge in [0.15, 0.2) is 23.0 Å². The van der Waals surface area contributed by atoms with Crippen LogP contribution in [0.4, 0.5) is 11.4 Å². The molecule has 10 rings (SSSR count). The largest absolute Gasteiger partial charge is 0.454 e. The second-order valence-corrected chi connectivity index (χ2v) is 18.5. The Labute approximate surface area is 363 Å². The van der Waals surface area contributed by atoms with E-state index in [1.807, 2.05) is 54.6 Å². The van der Waals surface area contributed by atoms with Gasteiger partial charge < -0.3 is 45.3 Å². The summed E-state index contributed by atoms with van der Waals surface area (Å²) in [6, 6.07) is 24.8. The van der Waals surface area contributed by atoms with Gasteiger partial charge >= 0.3 is 0 Å². The minimum Gasteiger partial charge on any atom is -0.454 e. The third-order valence-corrected chi connectivity index (χ3v) is 12.2. The van der Waals surface area contributed by atoms with Gasteiger partial charge in [0.05, 0.1) is 33.0 Å². The smallest absolute Gasteiger partial charge is 0.250 e. The molecule has 4 aromatic carbocycles. The fourth-order valence-electron chi connectivity index (χ4n) is 8.16. The second kappa shape index (κ2) is 15.7. The molecule has 2 aliphatic carbocycles. The molecule has 2 fully saturated rings. The molecular weight excluding hydrogens is 805 g/mol. The number of amides is 3. The van der Waals surface area contributed by atoms with Gasteiger partial charge in [0.1, 0.15) is 6.07 Å². The monoisotopic (exact) mass is 854 g/mol. The van der Waals surface area contributed by atoms with E-state index in [4.69, 9.17) is 35.2 Å². The summed E-state index contributed by atoms with van der Waals surface area (Å²) < 4.78 is 21.7. The lowest BCUT2D eigenvalue weighted by atomic mass is 9.92. The van der Waals surface area contributed by atoms with Gasteiger partial charge in [-0.2, -0.15) is 5.26 Å². The Bertz CT molecular complexity index is 2850. The van der Waals surface area contributed by atoms with E-state index in [-0.39, 0.29) is 36.2 Å². The molecule has 4 aliphatic rings. The normalized spacial score (nSPS) is 15.9. The number of ether oxygens (including phenoxy) is 4. The highest BCUT2D eigenvalue weighted by Crippen LogP contribution is 2.52. The van der Waals surface area contributed by atoms with Crippen molar-refractivity contribution >= 4 is 50.9 Å². The first kappa shape index (κ1) is 42.7. The van der Waals surface area contributed by atoms with Crippen LogP contribution in [-0.4, -0.2) is 51.8 Å². The molecule has 63 heavy (non-hydrogen) atoms. The van der Waals surface area contributed by atoms with E-state index < -0.39 is 16.7 Å². The van der Waals surface area contributed by atoms with Gasteiger partial charge in [-0.15, -0.1) is 0 Å². The average Bonchev–Trinajstić information content (AvgIpc) is 3.93. The van der Waals surface area contributed by atoms with Crippen molar-refractivity contribution in [1.82, 2.24) is 9.97 Å². The predicted molar refractivity (Wildman–Crippen MR) is 237 cm³/mol. The number of rotatable bonds is 7. The predicted octanol–water partition coefficient (Wildman–Crippen LogP) is 8.72. The third-order valence-electron chi connectivity index (χ3n) is 12.2. The number of nitrogens with zero attached hydrogens (tertiary/aromatic N) is 1. The van der Waals surface area contributed by atoms with Gasteiger partial charge in [-0.1, -0.05) is 53.7 Å². The standard InChI is InChI=1S/C24H25N3O4.C24H23N3O3.H2O2/c1-23(2,3)19-9-13-8-15(11-16(21(25)28)20(13)27-19)26-22(29)24(6-7-24)14-4-5-17-18(10-14)31-12-30-17;1-23(2,3)20-10-14-8-17(9-15(12-25)21(14)27-20)26-22(28)24(6-7-24)16-4-5-18-19(11-16)30-13-29-18;1-2/h4-5,8-11,27H,6-7,12H2,1-3H3,(H2,25,28)(H,26,29);4-5,8-11,27H,6-7,13H2,1-3H3,(H,26,28);1-2H. The van der Waals surface area contributed by atoms with E-state index in [0.717, 1.165) is 64.5 Å². The van der Waals surface area contributed by atoms with Gasteiger partial charge in [0.2, 0.25) is 25.4 Å². The van der Waals surface area contributed by atoms with Gasteiger partial charge in [-0.3, -0.25) is 24.9 Å². The van der Waals surface area contributed by atoms with Gasteiger partial charge in [0.25, 0.3) is 5.91 Å². The van der Waals surface area contributed by atoms with Crippen LogP contribution in [0.5, 0.6) is 23.0 Å². The number of nitrogens with one attached hydrogen (secondary N) is 4. The molecule has 15 nitrogen and oxygen atoms in total. The van der Waals surface area contributed by atoms with Crippen molar-refractivity contribution in [3.05, 3.63) is 106 Å². The van der Waals surface area contributed by atoms with E-state index in [9.17, 15) is 19.6 Å². The molecular formula is C48H50N6O9. The number of nitrogens with two attached hydrogens (primary N) is 1. The third kappa shape index (κ3) is 7.99. The quantitative estimate of drug-likeness (QED) is 0.0596. The van der Waals surface area contributed by atoms with Crippen LogP contribution < -0.4 is 35.3 Å². The number of primary amides is 1. The van der Waals surface area contributed by atoms with Crippen LogP contribution in [0.15, 0.2) is 72.8 Å².